The van der Waals surface area contributed by atoms with E-state index in [0.717, 1.165) is 0 Å². The molecule has 0 amide bonds. The molecule has 3 aliphatic heterocycles. The fourth-order valence-corrected chi connectivity index (χ4v) is 4.46. The summed E-state index contributed by atoms with van der Waals surface area (Å²) in [5.74, 6) is 0. The maximum atomic E-state index is 10.9. The van der Waals surface area contributed by atoms with Crippen molar-refractivity contribution in [3.8, 4) is 0 Å². The van der Waals surface area contributed by atoms with Gasteiger partial charge in [0.2, 0.25) is 0 Å². The molecule has 0 saturated carbocycles. The van der Waals surface area contributed by atoms with Crippen molar-refractivity contribution in [1.29, 1.82) is 0 Å². The minimum absolute atomic E-state index is 0.642. The van der Waals surface area contributed by atoms with Crippen molar-refractivity contribution >= 4 is 0 Å². The van der Waals surface area contributed by atoms with Crippen molar-refractivity contribution in [3.05, 3.63) is 0 Å². The van der Waals surface area contributed by atoms with Crippen molar-refractivity contribution in [2.24, 2.45) is 17.2 Å². The van der Waals surface area contributed by atoms with Gasteiger partial charge in [-0.25, -0.2) is 0 Å². The Balaban J connectivity index is 1.75. The van der Waals surface area contributed by atoms with Crippen LogP contribution in [0.4, 0.5) is 0 Å². The molecule has 0 spiro atoms. The molecule has 0 bridgehead atoms. The number of ether oxygens (including phenoxy) is 6. The maximum Gasteiger partial charge on any atom is 0.176 e. The molecule has 0 radical (unpaired) electrons. The van der Waals surface area contributed by atoms with E-state index in [1.165, 1.54) is 0 Å². The summed E-state index contributed by atoms with van der Waals surface area (Å²) < 4.78 is 33.0. The molecule has 3 rings (SSSR count). The van der Waals surface area contributed by atoms with Crippen LogP contribution in [0.25, 0.3) is 0 Å². The molecule has 15 atom stereocenters. The lowest BCUT2D eigenvalue weighted by Crippen LogP contribution is -2.69. The summed E-state index contributed by atoms with van der Waals surface area (Å²) in [6.07, 6.45) is -16.4. The molecular weight excluding hydrogens is 494 g/mol. The molecule has 3 heterocycles. The van der Waals surface area contributed by atoms with Crippen LogP contribution in [0.15, 0.2) is 0 Å². The molecule has 3 aliphatic rings. The zero-order valence-electron chi connectivity index (χ0n) is 19.2. The topological polar surface area (TPSA) is 295 Å². The standard InChI is InChI=1S/C19H37N3O14/c20-8-12(28)11(27)5(1-23)33-18(8)35-14-6(2-24)34-19(9(21)13(14)29)36-15-7(3-25)32-17(30)10(22)16(15)31-4-26/h5-19,23-30H,1-4,20-22H2/t5-,6-,7-,8-,9-,10-,11-,12-,13-,14?,15?,16-,17-,18+,19+/m1/s1. The van der Waals surface area contributed by atoms with Crippen LogP contribution in [0.3, 0.4) is 0 Å². The van der Waals surface area contributed by atoms with Gasteiger partial charge in [-0.2, -0.15) is 0 Å². The smallest absolute Gasteiger partial charge is 0.176 e. The van der Waals surface area contributed by atoms with E-state index in [2.05, 4.69) is 0 Å². The summed E-state index contributed by atoms with van der Waals surface area (Å²) >= 11 is 0. The summed E-state index contributed by atoms with van der Waals surface area (Å²) in [4.78, 5) is 0. The summed E-state index contributed by atoms with van der Waals surface area (Å²) in [7, 11) is 0. The van der Waals surface area contributed by atoms with E-state index in [4.69, 9.17) is 45.6 Å². The van der Waals surface area contributed by atoms with Gasteiger partial charge in [0.1, 0.15) is 61.7 Å². The molecule has 0 aromatic carbocycles. The lowest BCUT2D eigenvalue weighted by Gasteiger charge is -2.49. The summed E-state index contributed by atoms with van der Waals surface area (Å²) in [6.45, 7) is -2.80. The summed E-state index contributed by atoms with van der Waals surface area (Å²) in [5, 5.41) is 79.2. The number of hydrogen-bond donors (Lipinski definition) is 11. The molecule has 36 heavy (non-hydrogen) atoms. The first kappa shape index (κ1) is 29.9. The van der Waals surface area contributed by atoms with Gasteiger partial charge in [-0.05, 0) is 0 Å². The number of aliphatic hydroxyl groups is 8. The second-order valence-corrected chi connectivity index (χ2v) is 8.86. The Morgan fingerprint density at radius 3 is 1.61 bits per heavy atom. The predicted octanol–water partition coefficient (Wildman–Crippen LogP) is -7.70. The van der Waals surface area contributed by atoms with Crippen molar-refractivity contribution < 1.29 is 69.3 Å². The highest BCUT2D eigenvalue weighted by Gasteiger charge is 2.52. The quantitative estimate of drug-likeness (QED) is 0.123. The molecule has 14 N–H and O–H groups in total. The third-order valence-corrected chi connectivity index (χ3v) is 6.57. The Hall–Kier alpha value is -0.680. The minimum Gasteiger partial charge on any atom is -0.394 e. The third kappa shape index (κ3) is 5.98. The monoisotopic (exact) mass is 531 g/mol. The average Bonchev–Trinajstić information content (AvgIpc) is 2.87. The molecule has 212 valence electrons. The first-order valence-electron chi connectivity index (χ1n) is 11.4. The minimum atomic E-state index is -1.57. The van der Waals surface area contributed by atoms with Crippen LogP contribution < -0.4 is 17.2 Å². The number of rotatable bonds is 9. The van der Waals surface area contributed by atoms with Crippen LogP contribution in [0, 0.1) is 0 Å². The number of nitrogens with two attached hydrogens (primary N) is 3. The molecule has 3 fully saturated rings. The molecule has 0 aliphatic carbocycles. The molecular formula is C19H37N3O14. The van der Waals surface area contributed by atoms with Crippen molar-refractivity contribution in [2.45, 2.75) is 91.9 Å². The molecule has 3 saturated heterocycles. The van der Waals surface area contributed by atoms with Crippen molar-refractivity contribution in [1.82, 2.24) is 0 Å². The Labute approximate surface area is 205 Å². The average molecular weight is 532 g/mol. The fraction of sp³-hybridized carbons (Fsp3) is 1.00. The van der Waals surface area contributed by atoms with Gasteiger partial charge in [-0.3, -0.25) is 0 Å². The fourth-order valence-electron chi connectivity index (χ4n) is 4.46. The van der Waals surface area contributed by atoms with E-state index in [1.807, 2.05) is 0 Å². The zero-order chi connectivity index (χ0) is 26.7. The van der Waals surface area contributed by atoms with E-state index < -0.39 is 119 Å². The first-order valence-corrected chi connectivity index (χ1v) is 11.4. The van der Waals surface area contributed by atoms with Gasteiger partial charge < -0.3 is 86.5 Å². The van der Waals surface area contributed by atoms with Crippen LogP contribution in [0.2, 0.25) is 0 Å². The molecule has 2 unspecified atom stereocenters. The van der Waals surface area contributed by atoms with E-state index in [-0.39, 0.29) is 0 Å². The van der Waals surface area contributed by atoms with Gasteiger partial charge >= 0.3 is 0 Å². The molecule has 0 aromatic heterocycles. The van der Waals surface area contributed by atoms with E-state index >= 15 is 0 Å². The van der Waals surface area contributed by atoms with Crippen LogP contribution in [-0.2, 0) is 28.4 Å². The Kier molecular flexibility index (Phi) is 10.7. The van der Waals surface area contributed by atoms with E-state index in [0.29, 0.717) is 0 Å². The van der Waals surface area contributed by atoms with E-state index in [9.17, 15) is 40.9 Å². The molecule has 0 aromatic rings. The number of hydrogen-bond acceptors (Lipinski definition) is 17. The van der Waals surface area contributed by atoms with Gasteiger partial charge in [0.25, 0.3) is 0 Å². The predicted molar refractivity (Wildman–Crippen MR) is 113 cm³/mol. The van der Waals surface area contributed by atoms with Crippen LogP contribution >= 0.6 is 0 Å². The van der Waals surface area contributed by atoms with E-state index in [1.54, 1.807) is 0 Å². The lowest BCUT2D eigenvalue weighted by molar-refractivity contribution is -0.351. The SMILES string of the molecule is N[C@H]1[C@H](OC2[C@@H](CO)O[C@@H](OC3[C@@H](CO)O[C@@H](O)[C@H](N)[C@H]3OCO)[C@H](N)[C@H]2O)O[C@H](CO)[C@@H](O)[C@@H]1O. The van der Waals surface area contributed by atoms with Crippen LogP contribution in [-0.4, -0.2) is 159 Å². The van der Waals surface area contributed by atoms with Crippen LogP contribution in [0.5, 0.6) is 0 Å². The van der Waals surface area contributed by atoms with Gasteiger partial charge in [0.05, 0.1) is 37.9 Å². The Morgan fingerprint density at radius 1 is 0.556 bits per heavy atom. The number of aliphatic hydroxyl groups excluding tert-OH is 8. The van der Waals surface area contributed by atoms with Gasteiger partial charge in [0, 0.05) is 0 Å². The first-order chi connectivity index (χ1) is 17.1. The van der Waals surface area contributed by atoms with Gasteiger partial charge in [-0.1, -0.05) is 0 Å². The van der Waals surface area contributed by atoms with Gasteiger partial charge in [-0.15, -0.1) is 0 Å². The Morgan fingerprint density at radius 2 is 1.06 bits per heavy atom. The highest BCUT2D eigenvalue weighted by Crippen LogP contribution is 2.31. The Bertz CT molecular complexity index is 679. The van der Waals surface area contributed by atoms with Gasteiger partial charge in [0.15, 0.2) is 18.9 Å². The largest absolute Gasteiger partial charge is 0.394 e. The highest BCUT2D eigenvalue weighted by molar-refractivity contribution is 4.98. The van der Waals surface area contributed by atoms with Crippen LogP contribution in [0.1, 0.15) is 0 Å². The maximum absolute atomic E-state index is 10.9. The summed E-state index contributed by atoms with van der Waals surface area (Å²) in [5.41, 5.74) is 17.9. The summed E-state index contributed by atoms with van der Waals surface area (Å²) in [6, 6.07) is -3.81. The normalized spacial score (nSPS) is 50.2. The molecule has 17 heteroatoms. The van der Waals surface area contributed by atoms with Crippen molar-refractivity contribution in [3.63, 3.8) is 0 Å². The zero-order valence-corrected chi connectivity index (χ0v) is 19.2. The molecule has 17 nitrogen and oxygen atoms in total. The third-order valence-electron chi connectivity index (χ3n) is 6.57. The lowest BCUT2D eigenvalue weighted by atomic mass is 9.94. The second-order valence-electron chi connectivity index (χ2n) is 8.86. The second kappa shape index (κ2) is 12.9. The van der Waals surface area contributed by atoms with Crippen molar-refractivity contribution in [2.75, 3.05) is 26.6 Å². The highest BCUT2D eigenvalue weighted by atomic mass is 16.7.